The van der Waals surface area contributed by atoms with Crippen LogP contribution in [0.15, 0.2) is 99.0 Å². The number of carbonyl (C=O) groups excluding carboxylic acids is 1. The third kappa shape index (κ3) is 3.97. The van der Waals surface area contributed by atoms with E-state index < -0.39 is 11.3 Å². The van der Waals surface area contributed by atoms with Crippen molar-refractivity contribution < 1.29 is 4.79 Å². The maximum Gasteiger partial charge on any atom is 0.260 e. The van der Waals surface area contributed by atoms with Gasteiger partial charge in [0.15, 0.2) is 5.78 Å². The number of ketones is 1. The van der Waals surface area contributed by atoms with Crippen LogP contribution in [0.4, 0.5) is 0 Å². The molecular formula is C27H17BrN2O3. The highest BCUT2D eigenvalue weighted by molar-refractivity contribution is 9.10. The van der Waals surface area contributed by atoms with Gasteiger partial charge in [-0.3, -0.25) is 14.4 Å². The van der Waals surface area contributed by atoms with Crippen molar-refractivity contribution in [2.24, 2.45) is 0 Å². The molecule has 0 fully saturated rings. The zero-order valence-electron chi connectivity index (χ0n) is 17.3. The van der Waals surface area contributed by atoms with E-state index in [1.54, 1.807) is 12.1 Å². The number of pyridine rings is 2. The molecule has 0 radical (unpaired) electrons. The van der Waals surface area contributed by atoms with Gasteiger partial charge < -0.3 is 9.97 Å². The number of H-pyrrole nitrogens is 2. The molecule has 5 rings (SSSR count). The molecule has 0 amide bonds. The number of hydrogen-bond donors (Lipinski definition) is 2. The van der Waals surface area contributed by atoms with E-state index in [-0.39, 0.29) is 11.1 Å². The molecule has 0 unspecified atom stereocenters. The lowest BCUT2D eigenvalue weighted by Gasteiger charge is -2.12. The number of para-hydroxylation sites is 1. The number of fused-ring (bicyclic) bond motifs is 2. The van der Waals surface area contributed by atoms with Crippen molar-refractivity contribution in [3.8, 4) is 11.1 Å². The van der Waals surface area contributed by atoms with Crippen LogP contribution < -0.4 is 11.1 Å². The fourth-order valence-electron chi connectivity index (χ4n) is 3.94. The summed E-state index contributed by atoms with van der Waals surface area (Å²) in [4.78, 5) is 44.4. The summed E-state index contributed by atoms with van der Waals surface area (Å²) in [5, 5.41) is 1.60. The lowest BCUT2D eigenvalue weighted by Crippen LogP contribution is -2.19. The highest BCUT2D eigenvalue weighted by atomic mass is 79.9. The van der Waals surface area contributed by atoms with E-state index in [9.17, 15) is 14.4 Å². The van der Waals surface area contributed by atoms with Crippen LogP contribution in [0.1, 0.15) is 15.9 Å². The molecule has 33 heavy (non-hydrogen) atoms. The molecule has 5 aromatic rings. The van der Waals surface area contributed by atoms with Crippen LogP contribution in [0, 0.1) is 0 Å². The van der Waals surface area contributed by atoms with Gasteiger partial charge in [-0.2, -0.15) is 0 Å². The molecule has 0 spiro atoms. The number of hydrogen-bond acceptors (Lipinski definition) is 3. The molecule has 0 aliphatic carbocycles. The fraction of sp³-hybridized carbons (Fsp3) is 0. The van der Waals surface area contributed by atoms with Crippen molar-refractivity contribution in [1.82, 2.24) is 9.97 Å². The minimum atomic E-state index is -0.482. The predicted octanol–water partition coefficient (Wildman–Crippen LogP) is 5.70. The summed E-state index contributed by atoms with van der Waals surface area (Å²) >= 11 is 3.48. The normalized spacial score (nSPS) is 11.4. The smallest absolute Gasteiger partial charge is 0.260 e. The highest BCUT2D eigenvalue weighted by Gasteiger charge is 2.19. The first-order valence-corrected chi connectivity index (χ1v) is 11.1. The average Bonchev–Trinajstić information content (AvgIpc) is 2.82. The summed E-state index contributed by atoms with van der Waals surface area (Å²) in [6, 6.07) is 24.0. The van der Waals surface area contributed by atoms with Crippen LogP contribution in [0.25, 0.3) is 39.0 Å². The number of aromatic nitrogens is 2. The zero-order valence-corrected chi connectivity index (χ0v) is 18.8. The van der Waals surface area contributed by atoms with E-state index in [4.69, 9.17) is 0 Å². The van der Waals surface area contributed by atoms with Crippen molar-refractivity contribution in [3.63, 3.8) is 0 Å². The van der Waals surface area contributed by atoms with Gasteiger partial charge in [-0.25, -0.2) is 0 Å². The van der Waals surface area contributed by atoms with Gasteiger partial charge in [0.25, 0.3) is 11.1 Å². The Morgan fingerprint density at radius 3 is 2.33 bits per heavy atom. The van der Waals surface area contributed by atoms with Gasteiger partial charge in [-0.1, -0.05) is 64.5 Å². The minimum Gasteiger partial charge on any atom is -0.321 e. The lowest BCUT2D eigenvalue weighted by molar-refractivity contribution is 0.104. The molecule has 3 aromatic carbocycles. The topological polar surface area (TPSA) is 82.8 Å². The molecule has 0 aliphatic heterocycles. The average molecular weight is 497 g/mol. The predicted molar refractivity (Wildman–Crippen MR) is 136 cm³/mol. The van der Waals surface area contributed by atoms with Gasteiger partial charge in [0.2, 0.25) is 0 Å². The summed E-state index contributed by atoms with van der Waals surface area (Å²) in [5.74, 6) is -0.482. The van der Waals surface area contributed by atoms with E-state index >= 15 is 0 Å². The summed E-state index contributed by atoms with van der Waals surface area (Å²) in [6.45, 7) is 0. The Morgan fingerprint density at radius 2 is 1.52 bits per heavy atom. The van der Waals surface area contributed by atoms with Crippen molar-refractivity contribution in [1.29, 1.82) is 0 Å². The number of nitrogens with one attached hydrogen (secondary N) is 2. The number of halogens is 1. The maximum atomic E-state index is 13.3. The Morgan fingerprint density at radius 1 is 0.788 bits per heavy atom. The van der Waals surface area contributed by atoms with Crippen molar-refractivity contribution in [2.75, 3.05) is 0 Å². The first-order chi connectivity index (χ1) is 16.0. The van der Waals surface area contributed by atoms with Crippen LogP contribution in [-0.2, 0) is 0 Å². The summed E-state index contributed by atoms with van der Waals surface area (Å²) in [7, 11) is 0. The van der Waals surface area contributed by atoms with E-state index in [2.05, 4.69) is 25.9 Å². The Bertz CT molecular complexity index is 1680. The quantitative estimate of drug-likeness (QED) is 0.247. The third-order valence-corrected chi connectivity index (χ3v) is 5.97. The Labute approximate surface area is 196 Å². The molecule has 2 heterocycles. The molecule has 0 saturated heterocycles. The van der Waals surface area contributed by atoms with E-state index in [1.807, 2.05) is 66.7 Å². The second-order valence-electron chi connectivity index (χ2n) is 7.60. The lowest BCUT2D eigenvalue weighted by atomic mass is 9.94. The van der Waals surface area contributed by atoms with E-state index in [0.29, 0.717) is 22.2 Å². The molecule has 0 aliphatic rings. The second kappa shape index (κ2) is 8.48. The number of rotatable bonds is 4. The molecular weight excluding hydrogens is 480 g/mol. The van der Waals surface area contributed by atoms with Crippen LogP contribution in [0.2, 0.25) is 0 Å². The molecule has 2 aromatic heterocycles. The molecule has 2 N–H and O–H groups in total. The van der Waals surface area contributed by atoms with Gasteiger partial charge >= 0.3 is 0 Å². The second-order valence-corrected chi connectivity index (χ2v) is 8.51. The van der Waals surface area contributed by atoms with Crippen LogP contribution in [0.3, 0.4) is 0 Å². The number of carbonyl (C=O) groups is 1. The fourth-order valence-corrected chi connectivity index (χ4v) is 4.30. The Balaban J connectivity index is 1.68. The Kier molecular flexibility index (Phi) is 5.36. The molecule has 0 bridgehead atoms. The first kappa shape index (κ1) is 20.8. The van der Waals surface area contributed by atoms with E-state index in [0.717, 1.165) is 20.8 Å². The van der Waals surface area contributed by atoms with Gasteiger partial charge in [0.1, 0.15) is 0 Å². The van der Waals surface area contributed by atoms with Gasteiger partial charge in [0, 0.05) is 32.0 Å². The standard InChI is InChI=1S/C27H17BrN2O3/c28-19-11-12-22-20(15-19)24(16-6-2-1-3-7-16)25(27(33)30-22)23(31)13-10-18-14-17-8-4-5-9-21(17)29-26(18)32/h1-15H,(H,29,32)(H,30,33)/b13-10+. The van der Waals surface area contributed by atoms with E-state index in [1.165, 1.54) is 12.2 Å². The Hall–Kier alpha value is -4.03. The minimum absolute atomic E-state index is 0.0280. The summed E-state index contributed by atoms with van der Waals surface area (Å²) in [5.41, 5.74) is 2.24. The zero-order chi connectivity index (χ0) is 22.9. The SMILES string of the molecule is O=C(/C=C/c1cc2ccccc2[nH]c1=O)c1c(-c2ccccc2)c2cc(Br)ccc2[nH]c1=O. The largest absolute Gasteiger partial charge is 0.321 e. The van der Waals surface area contributed by atoms with Crippen LogP contribution >= 0.6 is 15.9 Å². The number of allylic oxidation sites excluding steroid dienone is 1. The summed E-state index contributed by atoms with van der Waals surface area (Å²) in [6.07, 6.45) is 2.73. The van der Waals surface area contributed by atoms with Crippen molar-refractivity contribution in [2.45, 2.75) is 0 Å². The van der Waals surface area contributed by atoms with Gasteiger partial charge in [-0.15, -0.1) is 0 Å². The third-order valence-electron chi connectivity index (χ3n) is 5.48. The van der Waals surface area contributed by atoms with Crippen LogP contribution in [0.5, 0.6) is 0 Å². The summed E-state index contributed by atoms with van der Waals surface area (Å²) < 4.78 is 0.830. The molecule has 160 valence electrons. The molecule has 0 saturated carbocycles. The van der Waals surface area contributed by atoms with Crippen molar-refractivity contribution in [3.05, 3.63) is 121 Å². The number of aromatic amines is 2. The highest BCUT2D eigenvalue weighted by Crippen LogP contribution is 2.31. The maximum absolute atomic E-state index is 13.3. The van der Waals surface area contributed by atoms with Gasteiger partial charge in [-0.05, 0) is 53.4 Å². The molecule has 0 atom stereocenters. The molecule has 5 nitrogen and oxygen atoms in total. The van der Waals surface area contributed by atoms with Gasteiger partial charge in [0.05, 0.1) is 5.56 Å². The monoisotopic (exact) mass is 496 g/mol. The van der Waals surface area contributed by atoms with Crippen molar-refractivity contribution >= 4 is 49.6 Å². The van der Waals surface area contributed by atoms with Crippen LogP contribution in [-0.4, -0.2) is 15.8 Å². The first-order valence-electron chi connectivity index (χ1n) is 10.3. The number of benzene rings is 3. The molecule has 6 heteroatoms.